The zero-order chi connectivity index (χ0) is 20.2. The number of halogens is 1. The molecule has 2 fully saturated rings. The summed E-state index contributed by atoms with van der Waals surface area (Å²) in [6.45, 7) is 5.81. The summed E-state index contributed by atoms with van der Waals surface area (Å²) in [5, 5.41) is 8.18. The zero-order valence-corrected chi connectivity index (χ0v) is 16.7. The third-order valence-corrected chi connectivity index (χ3v) is 6.17. The van der Waals surface area contributed by atoms with Gasteiger partial charge in [0.15, 0.2) is 5.65 Å². The first-order chi connectivity index (χ1) is 13.9. The molecule has 0 bridgehead atoms. The molecule has 5 rings (SSSR count). The Morgan fingerprint density at radius 3 is 2.79 bits per heavy atom. The Balaban J connectivity index is 1.40. The smallest absolute Gasteiger partial charge is 0.321 e. The van der Waals surface area contributed by atoms with Crippen LogP contribution in [0.5, 0.6) is 0 Å². The molecule has 1 aliphatic carbocycles. The molecule has 2 amide bonds. The van der Waals surface area contributed by atoms with Crippen LogP contribution >= 0.6 is 0 Å². The second-order valence-electron chi connectivity index (χ2n) is 8.68. The van der Waals surface area contributed by atoms with Crippen LogP contribution in [0.3, 0.4) is 0 Å². The minimum atomic E-state index is -0.405. The molecule has 3 heterocycles. The molecule has 1 saturated heterocycles. The van der Waals surface area contributed by atoms with Gasteiger partial charge in [0, 0.05) is 36.6 Å². The van der Waals surface area contributed by atoms with E-state index in [1.54, 1.807) is 24.5 Å². The van der Waals surface area contributed by atoms with E-state index in [4.69, 9.17) is 0 Å². The SMILES string of the molecule is CC(C)c1cnc2nn(-c3cc(NC(=O)N4CCC5(CC5)C4)ccc3F)cc2c1. The lowest BCUT2D eigenvalue weighted by atomic mass is 10.1. The lowest BCUT2D eigenvalue weighted by molar-refractivity contribution is 0.220. The first-order valence-corrected chi connectivity index (χ1v) is 10.1. The number of nitrogens with zero attached hydrogens (tertiary/aromatic N) is 4. The lowest BCUT2D eigenvalue weighted by Gasteiger charge is -2.17. The molecule has 150 valence electrons. The molecule has 3 aromatic rings. The van der Waals surface area contributed by atoms with Gasteiger partial charge in [0.25, 0.3) is 0 Å². The number of nitrogens with one attached hydrogen (secondary N) is 1. The van der Waals surface area contributed by atoms with Crippen molar-refractivity contribution in [3.63, 3.8) is 0 Å². The van der Waals surface area contributed by atoms with Gasteiger partial charge >= 0.3 is 6.03 Å². The third kappa shape index (κ3) is 3.34. The molecule has 1 spiro atoms. The van der Waals surface area contributed by atoms with Gasteiger partial charge in [0.05, 0.1) is 0 Å². The number of hydrogen-bond acceptors (Lipinski definition) is 3. The highest BCUT2D eigenvalue weighted by atomic mass is 19.1. The maximum absolute atomic E-state index is 14.5. The number of carbonyl (C=O) groups excluding carboxylic acids is 1. The van der Waals surface area contributed by atoms with E-state index < -0.39 is 5.82 Å². The summed E-state index contributed by atoms with van der Waals surface area (Å²) in [6, 6.07) is 6.46. The third-order valence-electron chi connectivity index (χ3n) is 6.17. The summed E-state index contributed by atoms with van der Waals surface area (Å²) >= 11 is 0. The van der Waals surface area contributed by atoms with E-state index in [0.29, 0.717) is 22.7 Å². The van der Waals surface area contributed by atoms with Gasteiger partial charge in [0.2, 0.25) is 0 Å². The average Bonchev–Trinajstić information content (AvgIpc) is 3.12. The Morgan fingerprint density at radius 2 is 2.07 bits per heavy atom. The Kier molecular flexibility index (Phi) is 4.08. The molecule has 0 radical (unpaired) electrons. The fourth-order valence-corrected chi connectivity index (χ4v) is 4.03. The highest BCUT2D eigenvalue weighted by molar-refractivity contribution is 5.90. The fourth-order valence-electron chi connectivity index (χ4n) is 4.03. The van der Waals surface area contributed by atoms with Gasteiger partial charge in [-0.1, -0.05) is 13.8 Å². The molecule has 0 unspecified atom stereocenters. The van der Waals surface area contributed by atoms with Crippen LogP contribution in [0.1, 0.15) is 44.6 Å². The predicted octanol–water partition coefficient (Wildman–Crippen LogP) is 4.70. The Hall–Kier alpha value is -2.96. The van der Waals surface area contributed by atoms with E-state index in [1.165, 1.54) is 23.6 Å². The average molecular weight is 393 g/mol. The molecule has 2 aromatic heterocycles. The Labute approximate surface area is 168 Å². The van der Waals surface area contributed by atoms with Crippen LogP contribution in [-0.4, -0.2) is 38.8 Å². The topological polar surface area (TPSA) is 63.1 Å². The number of urea groups is 1. The van der Waals surface area contributed by atoms with E-state index in [2.05, 4.69) is 29.2 Å². The molecule has 1 N–H and O–H groups in total. The van der Waals surface area contributed by atoms with Crippen molar-refractivity contribution in [3.8, 4) is 5.69 Å². The van der Waals surface area contributed by atoms with Gasteiger partial charge in [-0.3, -0.25) is 0 Å². The van der Waals surface area contributed by atoms with Crippen molar-refractivity contribution in [1.82, 2.24) is 19.7 Å². The van der Waals surface area contributed by atoms with Crippen LogP contribution in [-0.2, 0) is 0 Å². The zero-order valence-electron chi connectivity index (χ0n) is 16.7. The fraction of sp³-hybridized carbons (Fsp3) is 0.409. The number of aromatic nitrogens is 3. The van der Waals surface area contributed by atoms with Gasteiger partial charge in [-0.15, -0.1) is 5.10 Å². The van der Waals surface area contributed by atoms with Crippen molar-refractivity contribution < 1.29 is 9.18 Å². The van der Waals surface area contributed by atoms with Gasteiger partial charge < -0.3 is 10.2 Å². The first kappa shape index (κ1) is 18.1. The highest BCUT2D eigenvalue weighted by Gasteiger charge is 2.48. The summed E-state index contributed by atoms with van der Waals surface area (Å²) in [5.74, 6) is -0.0520. The molecule has 1 aromatic carbocycles. The predicted molar refractivity (Wildman–Crippen MR) is 110 cm³/mol. The van der Waals surface area contributed by atoms with E-state index in [0.717, 1.165) is 30.5 Å². The molecule has 29 heavy (non-hydrogen) atoms. The number of hydrogen-bond donors (Lipinski definition) is 1. The van der Waals surface area contributed by atoms with Crippen LogP contribution in [0.2, 0.25) is 0 Å². The molecular weight excluding hydrogens is 369 g/mol. The van der Waals surface area contributed by atoms with Crippen LogP contribution < -0.4 is 5.32 Å². The van der Waals surface area contributed by atoms with Crippen molar-refractivity contribution in [2.75, 3.05) is 18.4 Å². The monoisotopic (exact) mass is 393 g/mol. The van der Waals surface area contributed by atoms with Gasteiger partial charge in [0.1, 0.15) is 11.5 Å². The summed E-state index contributed by atoms with van der Waals surface area (Å²) in [7, 11) is 0. The maximum Gasteiger partial charge on any atom is 0.321 e. The summed E-state index contributed by atoms with van der Waals surface area (Å²) in [4.78, 5) is 18.8. The number of likely N-dealkylation sites (tertiary alicyclic amines) is 1. The number of pyridine rings is 1. The number of rotatable bonds is 3. The number of benzene rings is 1. The molecule has 1 saturated carbocycles. The van der Waals surface area contributed by atoms with E-state index in [9.17, 15) is 9.18 Å². The van der Waals surface area contributed by atoms with E-state index in [-0.39, 0.29) is 11.7 Å². The Morgan fingerprint density at radius 1 is 1.24 bits per heavy atom. The summed E-state index contributed by atoms with van der Waals surface area (Å²) < 4.78 is 16.0. The van der Waals surface area contributed by atoms with Gasteiger partial charge in [-0.25, -0.2) is 18.9 Å². The number of fused-ring (bicyclic) bond motifs is 1. The van der Waals surface area contributed by atoms with Crippen molar-refractivity contribution in [2.24, 2.45) is 5.41 Å². The van der Waals surface area contributed by atoms with Crippen LogP contribution in [0.15, 0.2) is 36.7 Å². The normalized spacial score (nSPS) is 17.4. The largest absolute Gasteiger partial charge is 0.324 e. The van der Waals surface area contributed by atoms with Crippen molar-refractivity contribution in [3.05, 3.63) is 48.0 Å². The highest BCUT2D eigenvalue weighted by Crippen LogP contribution is 2.52. The molecule has 2 aliphatic rings. The maximum atomic E-state index is 14.5. The molecular formula is C22H24FN5O. The minimum absolute atomic E-state index is 0.125. The van der Waals surface area contributed by atoms with Crippen molar-refractivity contribution in [1.29, 1.82) is 0 Å². The second kappa shape index (κ2) is 6.54. The molecule has 7 heteroatoms. The van der Waals surface area contributed by atoms with Crippen LogP contribution in [0.25, 0.3) is 16.7 Å². The quantitative estimate of drug-likeness (QED) is 0.701. The molecule has 6 nitrogen and oxygen atoms in total. The van der Waals surface area contributed by atoms with E-state index >= 15 is 0 Å². The van der Waals surface area contributed by atoms with Crippen LogP contribution in [0, 0.1) is 11.2 Å². The second-order valence-corrected chi connectivity index (χ2v) is 8.68. The van der Waals surface area contributed by atoms with E-state index in [1.807, 2.05) is 11.0 Å². The first-order valence-electron chi connectivity index (χ1n) is 10.1. The molecule has 0 atom stereocenters. The summed E-state index contributed by atoms with van der Waals surface area (Å²) in [5.41, 5.74) is 2.89. The Bertz CT molecular complexity index is 1100. The standard InChI is InChI=1S/C22H24FN5O/c1-14(2)15-9-16-12-28(26-20(16)24-11-15)19-10-17(3-4-18(19)23)25-21(29)27-8-7-22(13-27)5-6-22/h3-4,9-12,14H,5-8,13H2,1-2H3,(H,25,29). The van der Waals surface area contributed by atoms with Crippen molar-refractivity contribution >= 4 is 22.8 Å². The summed E-state index contributed by atoms with van der Waals surface area (Å²) in [6.07, 6.45) is 7.10. The van der Waals surface area contributed by atoms with Crippen LogP contribution in [0.4, 0.5) is 14.9 Å². The number of carbonyl (C=O) groups is 1. The molecule has 1 aliphatic heterocycles. The number of amides is 2. The lowest BCUT2D eigenvalue weighted by Crippen LogP contribution is -2.33. The number of anilines is 1. The van der Waals surface area contributed by atoms with Crippen molar-refractivity contribution in [2.45, 2.75) is 39.0 Å². The minimum Gasteiger partial charge on any atom is -0.324 e. The van der Waals surface area contributed by atoms with Gasteiger partial charge in [-0.05, 0) is 60.4 Å². The van der Waals surface area contributed by atoms with Gasteiger partial charge in [-0.2, -0.15) is 0 Å².